The summed E-state index contributed by atoms with van der Waals surface area (Å²) in [5, 5.41) is 3.49. The van der Waals surface area contributed by atoms with Crippen LogP contribution in [0.25, 0.3) is 0 Å². The Bertz CT molecular complexity index is 400. The Hall–Kier alpha value is -1.26. The van der Waals surface area contributed by atoms with Crippen molar-refractivity contribution in [3.05, 3.63) is 23.3 Å². The second kappa shape index (κ2) is 6.07. The summed E-state index contributed by atoms with van der Waals surface area (Å²) >= 11 is 0. The van der Waals surface area contributed by atoms with Crippen LogP contribution >= 0.6 is 0 Å². The molecule has 0 aliphatic carbocycles. The molecule has 1 saturated heterocycles. The normalized spacial score (nSPS) is 18.9. The molecule has 0 aromatic heterocycles. The third-order valence-corrected chi connectivity index (χ3v) is 3.40. The molecule has 18 heavy (non-hydrogen) atoms. The van der Waals surface area contributed by atoms with Crippen molar-refractivity contribution in [1.29, 1.82) is 0 Å². The van der Waals surface area contributed by atoms with Crippen molar-refractivity contribution in [2.75, 3.05) is 27.9 Å². The summed E-state index contributed by atoms with van der Waals surface area (Å²) in [5.41, 5.74) is 2.18. The highest BCUT2D eigenvalue weighted by Crippen LogP contribution is 2.38. The summed E-state index contributed by atoms with van der Waals surface area (Å²) < 4.78 is 16.2. The minimum atomic E-state index is 0.376. The van der Waals surface area contributed by atoms with Gasteiger partial charge in [-0.25, -0.2) is 0 Å². The van der Waals surface area contributed by atoms with Crippen LogP contribution in [0.3, 0.4) is 0 Å². The Morgan fingerprint density at radius 2 is 2.06 bits per heavy atom. The zero-order chi connectivity index (χ0) is 13.0. The third-order valence-electron chi connectivity index (χ3n) is 3.40. The summed E-state index contributed by atoms with van der Waals surface area (Å²) in [6.07, 6.45) is 2.36. The van der Waals surface area contributed by atoms with Gasteiger partial charge in [0.25, 0.3) is 0 Å². The highest BCUT2D eigenvalue weighted by molar-refractivity contribution is 5.51. The highest BCUT2D eigenvalue weighted by Gasteiger charge is 2.23. The van der Waals surface area contributed by atoms with Gasteiger partial charge in [0.1, 0.15) is 11.5 Å². The van der Waals surface area contributed by atoms with Crippen molar-refractivity contribution in [2.24, 2.45) is 0 Å². The van der Waals surface area contributed by atoms with Crippen LogP contribution in [0.4, 0.5) is 0 Å². The summed E-state index contributed by atoms with van der Waals surface area (Å²) in [4.78, 5) is 0. The first-order valence-corrected chi connectivity index (χ1v) is 6.28. The molecule has 4 heteroatoms. The highest BCUT2D eigenvalue weighted by atomic mass is 16.5. The average Bonchev–Trinajstić information content (AvgIpc) is 2.92. The fourth-order valence-corrected chi connectivity index (χ4v) is 2.57. The molecule has 4 nitrogen and oxygen atoms in total. The quantitative estimate of drug-likeness (QED) is 0.871. The van der Waals surface area contributed by atoms with Gasteiger partial charge >= 0.3 is 0 Å². The van der Waals surface area contributed by atoms with E-state index in [-0.39, 0.29) is 0 Å². The van der Waals surface area contributed by atoms with Gasteiger partial charge in [-0.1, -0.05) is 6.07 Å². The largest absolute Gasteiger partial charge is 0.496 e. The molecule has 0 spiro atoms. The van der Waals surface area contributed by atoms with E-state index in [0.717, 1.165) is 30.0 Å². The van der Waals surface area contributed by atoms with Gasteiger partial charge in [-0.15, -0.1) is 0 Å². The van der Waals surface area contributed by atoms with Crippen LogP contribution in [0.5, 0.6) is 11.5 Å². The lowest BCUT2D eigenvalue weighted by molar-refractivity contribution is 0.178. The van der Waals surface area contributed by atoms with Crippen LogP contribution in [-0.4, -0.2) is 27.9 Å². The molecule has 1 fully saturated rings. The molecule has 100 valence electrons. The molecular weight excluding hydrogens is 230 g/mol. The Kier molecular flexibility index (Phi) is 4.44. The predicted octanol–water partition coefficient (Wildman–Crippen LogP) is 2.27. The number of benzene rings is 1. The maximum atomic E-state index is 5.58. The number of nitrogens with one attached hydrogen (secondary N) is 1. The van der Waals surface area contributed by atoms with Crippen LogP contribution in [-0.2, 0) is 11.3 Å². The van der Waals surface area contributed by atoms with E-state index >= 15 is 0 Å². The Morgan fingerprint density at radius 3 is 2.61 bits per heavy atom. The minimum absolute atomic E-state index is 0.376. The van der Waals surface area contributed by atoms with Gasteiger partial charge in [0.2, 0.25) is 0 Å². The maximum Gasteiger partial charge on any atom is 0.132 e. The zero-order valence-corrected chi connectivity index (χ0v) is 11.3. The standard InChI is InChI=1S/C14H21NO3/c1-16-9-11-13(17-2)7-6-10(14(11)18-3)12-5-4-8-15-12/h6-7,12,15H,4-5,8-9H2,1-3H3. The lowest BCUT2D eigenvalue weighted by Gasteiger charge is -2.20. The van der Waals surface area contributed by atoms with Crippen LogP contribution in [0.1, 0.15) is 30.0 Å². The van der Waals surface area contributed by atoms with Crippen molar-refractivity contribution < 1.29 is 14.2 Å². The van der Waals surface area contributed by atoms with E-state index in [9.17, 15) is 0 Å². The van der Waals surface area contributed by atoms with E-state index in [0.29, 0.717) is 12.6 Å². The molecule has 0 bridgehead atoms. The first-order valence-electron chi connectivity index (χ1n) is 6.28. The van der Waals surface area contributed by atoms with Crippen LogP contribution in [0.15, 0.2) is 12.1 Å². The van der Waals surface area contributed by atoms with E-state index < -0.39 is 0 Å². The molecule has 1 aromatic rings. The maximum absolute atomic E-state index is 5.58. The average molecular weight is 251 g/mol. The summed E-state index contributed by atoms with van der Waals surface area (Å²) in [6.45, 7) is 1.56. The smallest absolute Gasteiger partial charge is 0.132 e. The van der Waals surface area contributed by atoms with Gasteiger partial charge in [-0.2, -0.15) is 0 Å². The van der Waals surface area contributed by atoms with Gasteiger partial charge in [0.15, 0.2) is 0 Å². The van der Waals surface area contributed by atoms with E-state index in [4.69, 9.17) is 14.2 Å². The summed E-state index contributed by atoms with van der Waals surface area (Å²) in [7, 11) is 5.05. The van der Waals surface area contributed by atoms with E-state index in [1.54, 1.807) is 21.3 Å². The van der Waals surface area contributed by atoms with Crippen molar-refractivity contribution in [3.63, 3.8) is 0 Å². The van der Waals surface area contributed by atoms with E-state index in [1.165, 1.54) is 12.0 Å². The van der Waals surface area contributed by atoms with Crippen LogP contribution in [0, 0.1) is 0 Å². The number of hydrogen-bond acceptors (Lipinski definition) is 4. The molecule has 1 N–H and O–H groups in total. The van der Waals surface area contributed by atoms with Crippen molar-refractivity contribution in [1.82, 2.24) is 5.32 Å². The molecule has 0 amide bonds. The summed E-state index contributed by atoms with van der Waals surface area (Å²) in [5.74, 6) is 1.70. The lowest BCUT2D eigenvalue weighted by atomic mass is 10.00. The fraction of sp³-hybridized carbons (Fsp3) is 0.571. The topological polar surface area (TPSA) is 39.7 Å². The molecule has 1 unspecified atom stereocenters. The van der Waals surface area contributed by atoms with Crippen molar-refractivity contribution >= 4 is 0 Å². The Morgan fingerprint density at radius 1 is 1.22 bits per heavy atom. The fourth-order valence-electron chi connectivity index (χ4n) is 2.57. The number of ether oxygens (including phenoxy) is 3. The molecule has 1 aromatic carbocycles. The number of hydrogen-bond donors (Lipinski definition) is 1. The van der Waals surface area contributed by atoms with Gasteiger partial charge in [-0.05, 0) is 25.5 Å². The first-order chi connectivity index (χ1) is 8.81. The number of rotatable bonds is 5. The molecule has 0 saturated carbocycles. The molecule has 1 aliphatic heterocycles. The predicted molar refractivity (Wildman–Crippen MR) is 70.2 cm³/mol. The SMILES string of the molecule is COCc1c(OC)ccc(C2CCCN2)c1OC. The number of methoxy groups -OCH3 is 3. The molecule has 2 rings (SSSR count). The van der Waals surface area contributed by atoms with Crippen molar-refractivity contribution in [3.8, 4) is 11.5 Å². The third kappa shape index (κ3) is 2.44. The minimum Gasteiger partial charge on any atom is -0.496 e. The van der Waals surface area contributed by atoms with Crippen LogP contribution < -0.4 is 14.8 Å². The Labute approximate surface area is 108 Å². The Balaban J connectivity index is 2.43. The van der Waals surface area contributed by atoms with Gasteiger partial charge in [-0.3, -0.25) is 0 Å². The first kappa shape index (κ1) is 13.2. The molecule has 1 aliphatic rings. The molecular formula is C14H21NO3. The second-order valence-corrected chi connectivity index (χ2v) is 4.45. The molecule has 1 atom stereocenters. The summed E-state index contributed by atoms with van der Waals surface area (Å²) in [6, 6.07) is 4.45. The van der Waals surface area contributed by atoms with Gasteiger partial charge in [0, 0.05) is 18.7 Å². The van der Waals surface area contributed by atoms with Crippen LogP contribution in [0.2, 0.25) is 0 Å². The second-order valence-electron chi connectivity index (χ2n) is 4.45. The lowest BCUT2D eigenvalue weighted by Crippen LogP contribution is -2.15. The molecule has 1 heterocycles. The van der Waals surface area contributed by atoms with Crippen molar-refractivity contribution in [2.45, 2.75) is 25.5 Å². The molecule has 0 radical (unpaired) electrons. The zero-order valence-electron chi connectivity index (χ0n) is 11.3. The van der Waals surface area contributed by atoms with Gasteiger partial charge < -0.3 is 19.5 Å². The monoisotopic (exact) mass is 251 g/mol. The van der Waals surface area contributed by atoms with Gasteiger partial charge in [0.05, 0.1) is 26.4 Å². The van der Waals surface area contributed by atoms with E-state index in [1.807, 2.05) is 6.07 Å². The van der Waals surface area contributed by atoms with E-state index in [2.05, 4.69) is 11.4 Å².